The van der Waals surface area contributed by atoms with Crippen molar-refractivity contribution >= 4 is 11.7 Å². The van der Waals surface area contributed by atoms with E-state index >= 15 is 0 Å². The highest BCUT2D eigenvalue weighted by Gasteiger charge is 2.46. The van der Waals surface area contributed by atoms with E-state index in [1.165, 1.54) is 11.1 Å². The van der Waals surface area contributed by atoms with Gasteiger partial charge in [0, 0.05) is 31.2 Å². The van der Waals surface area contributed by atoms with Crippen molar-refractivity contribution in [2.75, 3.05) is 31.6 Å². The number of anilines is 1. The molecule has 1 saturated heterocycles. The van der Waals surface area contributed by atoms with Gasteiger partial charge in [0.1, 0.15) is 5.82 Å². The number of nitrogens with one attached hydrogen (secondary N) is 1. The number of morpholine rings is 1. The van der Waals surface area contributed by atoms with Crippen LogP contribution in [0.4, 0.5) is 5.82 Å². The molecule has 1 saturated carbocycles. The van der Waals surface area contributed by atoms with Crippen LogP contribution >= 0.6 is 0 Å². The average molecular weight is 360 g/mol. The number of amides is 1. The van der Waals surface area contributed by atoms with Gasteiger partial charge in [0.25, 0.3) is 0 Å². The number of rotatable bonds is 6. The average Bonchev–Trinajstić information content (AvgIpc) is 2.59. The summed E-state index contributed by atoms with van der Waals surface area (Å²) in [6, 6.07) is 2.08. The predicted octanol–water partition coefficient (Wildman–Crippen LogP) is 3.80. The van der Waals surface area contributed by atoms with E-state index in [9.17, 15) is 4.79 Å². The zero-order chi connectivity index (χ0) is 18.7. The molecular formula is C21H33N3O2. The molecule has 2 fully saturated rings. The molecule has 0 spiro atoms. The van der Waals surface area contributed by atoms with Gasteiger partial charge < -0.3 is 10.1 Å². The minimum atomic E-state index is -0.192. The molecule has 0 bridgehead atoms. The summed E-state index contributed by atoms with van der Waals surface area (Å²) < 4.78 is 5.46. The van der Waals surface area contributed by atoms with E-state index in [0.717, 1.165) is 52.1 Å². The van der Waals surface area contributed by atoms with Gasteiger partial charge in [-0.1, -0.05) is 27.7 Å². The van der Waals surface area contributed by atoms with E-state index in [-0.39, 0.29) is 11.3 Å². The summed E-state index contributed by atoms with van der Waals surface area (Å²) >= 11 is 0. The highest BCUT2D eigenvalue weighted by molar-refractivity contribution is 5.95. The number of nitrogens with zero attached hydrogens (tertiary/aromatic N) is 2. The Morgan fingerprint density at radius 3 is 2.65 bits per heavy atom. The van der Waals surface area contributed by atoms with Crippen molar-refractivity contribution in [2.24, 2.45) is 11.3 Å². The number of hydrogen-bond donors (Lipinski definition) is 1. The zero-order valence-electron chi connectivity index (χ0n) is 16.7. The standard InChI is InChI=1S/C21H33N3O2/c1-5-21(11-16(4)12-21)20(25)23-19-10-17(18(13-22-19)15(2)3)14-24-6-8-26-9-7-24/h10,13,15-16H,5-9,11-12,14H2,1-4H3,(H,22,23,25). The Kier molecular flexibility index (Phi) is 5.98. The van der Waals surface area contributed by atoms with Crippen molar-refractivity contribution in [3.63, 3.8) is 0 Å². The van der Waals surface area contributed by atoms with E-state index in [0.29, 0.717) is 17.7 Å². The fourth-order valence-electron chi connectivity index (χ4n) is 4.39. The van der Waals surface area contributed by atoms with E-state index < -0.39 is 0 Å². The van der Waals surface area contributed by atoms with Crippen LogP contribution in [0.1, 0.15) is 64.0 Å². The Morgan fingerprint density at radius 2 is 2.08 bits per heavy atom. The molecule has 0 unspecified atom stereocenters. The maximum Gasteiger partial charge on any atom is 0.231 e. The van der Waals surface area contributed by atoms with Crippen LogP contribution in [0.25, 0.3) is 0 Å². The highest BCUT2D eigenvalue weighted by Crippen LogP contribution is 2.48. The second-order valence-electron chi connectivity index (χ2n) is 8.41. The summed E-state index contributed by atoms with van der Waals surface area (Å²) in [5.41, 5.74) is 2.33. The fourth-order valence-corrected chi connectivity index (χ4v) is 4.39. The molecule has 5 heteroatoms. The first kappa shape index (κ1) is 19.3. The van der Waals surface area contributed by atoms with Crippen molar-refractivity contribution in [3.05, 3.63) is 23.4 Å². The topological polar surface area (TPSA) is 54.5 Å². The molecule has 1 aromatic rings. The Bertz CT molecular complexity index is 632. The number of hydrogen-bond acceptors (Lipinski definition) is 4. The third kappa shape index (κ3) is 4.09. The van der Waals surface area contributed by atoms with Crippen molar-refractivity contribution in [3.8, 4) is 0 Å². The second-order valence-corrected chi connectivity index (χ2v) is 8.41. The molecule has 0 atom stereocenters. The molecule has 26 heavy (non-hydrogen) atoms. The monoisotopic (exact) mass is 359 g/mol. The van der Waals surface area contributed by atoms with Crippen molar-refractivity contribution in [1.82, 2.24) is 9.88 Å². The van der Waals surface area contributed by atoms with Crippen LogP contribution in [0.3, 0.4) is 0 Å². The first-order valence-corrected chi connectivity index (χ1v) is 10.0. The van der Waals surface area contributed by atoms with Gasteiger partial charge in [0.05, 0.1) is 13.2 Å². The summed E-state index contributed by atoms with van der Waals surface area (Å²) in [5.74, 6) is 1.89. The van der Waals surface area contributed by atoms with Crippen LogP contribution in [-0.4, -0.2) is 42.1 Å². The predicted molar refractivity (Wildman–Crippen MR) is 104 cm³/mol. The second kappa shape index (κ2) is 8.05. The molecule has 2 aliphatic rings. The van der Waals surface area contributed by atoms with Gasteiger partial charge in [0.2, 0.25) is 5.91 Å². The third-order valence-electron chi connectivity index (χ3n) is 6.02. The summed E-state index contributed by atoms with van der Waals surface area (Å²) in [7, 11) is 0. The number of pyridine rings is 1. The normalized spacial score (nSPS) is 26.6. The molecular weight excluding hydrogens is 326 g/mol. The summed E-state index contributed by atoms with van der Waals surface area (Å²) in [6.07, 6.45) is 4.81. The van der Waals surface area contributed by atoms with Crippen LogP contribution in [-0.2, 0) is 16.1 Å². The minimum absolute atomic E-state index is 0.139. The Labute approximate surface area is 157 Å². The molecule has 1 N–H and O–H groups in total. The zero-order valence-corrected chi connectivity index (χ0v) is 16.7. The van der Waals surface area contributed by atoms with Crippen molar-refractivity contribution in [1.29, 1.82) is 0 Å². The lowest BCUT2D eigenvalue weighted by molar-refractivity contribution is -0.133. The maximum absolute atomic E-state index is 12.8. The molecule has 0 radical (unpaired) electrons. The van der Waals surface area contributed by atoms with Gasteiger partial charge in [-0.25, -0.2) is 4.98 Å². The number of carbonyl (C=O) groups excluding carboxylic acids is 1. The number of carbonyl (C=O) groups is 1. The Hall–Kier alpha value is -1.46. The molecule has 1 aromatic heterocycles. The molecule has 2 heterocycles. The van der Waals surface area contributed by atoms with Crippen molar-refractivity contribution in [2.45, 2.75) is 59.4 Å². The van der Waals surface area contributed by atoms with Gasteiger partial charge >= 0.3 is 0 Å². The summed E-state index contributed by atoms with van der Waals surface area (Å²) in [5, 5.41) is 3.11. The van der Waals surface area contributed by atoms with Gasteiger partial charge in [0.15, 0.2) is 0 Å². The van der Waals surface area contributed by atoms with Crippen LogP contribution in [0.15, 0.2) is 12.3 Å². The highest BCUT2D eigenvalue weighted by atomic mass is 16.5. The van der Waals surface area contributed by atoms with E-state index in [1.54, 1.807) is 0 Å². The lowest BCUT2D eigenvalue weighted by Gasteiger charge is -2.44. The SMILES string of the molecule is CCC1(C(=O)Nc2cc(CN3CCOCC3)c(C(C)C)cn2)CC(C)C1. The molecule has 5 nitrogen and oxygen atoms in total. The minimum Gasteiger partial charge on any atom is -0.379 e. The smallest absolute Gasteiger partial charge is 0.231 e. The number of aromatic nitrogens is 1. The lowest BCUT2D eigenvalue weighted by Crippen LogP contribution is -2.45. The molecule has 1 aliphatic heterocycles. The van der Waals surface area contributed by atoms with Crippen LogP contribution in [0, 0.1) is 11.3 Å². The molecule has 144 valence electrons. The van der Waals surface area contributed by atoms with Gasteiger partial charge in [-0.15, -0.1) is 0 Å². The summed E-state index contributed by atoms with van der Waals surface area (Å²) in [6.45, 7) is 13.1. The lowest BCUT2D eigenvalue weighted by atomic mass is 9.60. The van der Waals surface area contributed by atoms with Gasteiger partial charge in [-0.3, -0.25) is 9.69 Å². The van der Waals surface area contributed by atoms with Gasteiger partial charge in [-0.05, 0) is 48.3 Å². The van der Waals surface area contributed by atoms with Gasteiger partial charge in [-0.2, -0.15) is 0 Å². The van der Waals surface area contributed by atoms with E-state index in [4.69, 9.17) is 4.74 Å². The third-order valence-corrected chi connectivity index (χ3v) is 6.02. The quantitative estimate of drug-likeness (QED) is 0.839. The Balaban J connectivity index is 1.75. The van der Waals surface area contributed by atoms with E-state index in [1.807, 2.05) is 6.20 Å². The molecule has 0 aromatic carbocycles. The Morgan fingerprint density at radius 1 is 1.38 bits per heavy atom. The largest absolute Gasteiger partial charge is 0.379 e. The maximum atomic E-state index is 12.8. The summed E-state index contributed by atoms with van der Waals surface area (Å²) in [4.78, 5) is 19.8. The molecule has 1 aliphatic carbocycles. The first-order valence-electron chi connectivity index (χ1n) is 10.0. The molecule has 3 rings (SSSR count). The van der Waals surface area contributed by atoms with Crippen LogP contribution in [0.5, 0.6) is 0 Å². The van der Waals surface area contributed by atoms with E-state index in [2.05, 4.69) is 49.0 Å². The van der Waals surface area contributed by atoms with Crippen LogP contribution < -0.4 is 5.32 Å². The molecule has 1 amide bonds. The first-order chi connectivity index (χ1) is 12.4. The fraction of sp³-hybridized carbons (Fsp3) is 0.714. The van der Waals surface area contributed by atoms with Crippen molar-refractivity contribution < 1.29 is 9.53 Å². The van der Waals surface area contributed by atoms with Crippen LogP contribution in [0.2, 0.25) is 0 Å². The number of ether oxygens (including phenoxy) is 1.